The van der Waals surface area contributed by atoms with Crippen LogP contribution in [0.1, 0.15) is 11.3 Å². The van der Waals surface area contributed by atoms with Crippen LogP contribution in [0.4, 0.5) is 21.1 Å². The fourth-order valence-electron chi connectivity index (χ4n) is 3.52. The Morgan fingerprint density at radius 1 is 1.15 bits per heavy atom. The van der Waals surface area contributed by atoms with Crippen LogP contribution in [0.2, 0.25) is 0 Å². The van der Waals surface area contributed by atoms with Gasteiger partial charge in [0.05, 0.1) is 12.2 Å². The molecule has 170 valence electrons. The normalized spacial score (nSPS) is 12.6. The molecule has 0 unspecified atom stereocenters. The van der Waals surface area contributed by atoms with E-state index in [0.717, 1.165) is 22.5 Å². The molecule has 10 heteroatoms. The third-order valence-electron chi connectivity index (χ3n) is 5.36. The van der Waals surface area contributed by atoms with Crippen LogP contribution in [-0.4, -0.2) is 68.7 Å². The summed E-state index contributed by atoms with van der Waals surface area (Å²) in [5, 5.41) is 15.3. The maximum Gasteiger partial charge on any atom is 0.407 e. The van der Waals surface area contributed by atoms with Gasteiger partial charge >= 0.3 is 12.1 Å². The molecule has 0 atom stereocenters. The Bertz CT molecular complexity index is 1130. The summed E-state index contributed by atoms with van der Waals surface area (Å²) in [4.78, 5) is 40.4. The van der Waals surface area contributed by atoms with Gasteiger partial charge in [-0.3, -0.25) is 4.98 Å². The van der Waals surface area contributed by atoms with Gasteiger partial charge in [-0.25, -0.2) is 19.6 Å². The van der Waals surface area contributed by atoms with Crippen molar-refractivity contribution in [2.24, 2.45) is 0 Å². The number of carbonyl (C=O) groups excluding carboxylic acids is 1. The quantitative estimate of drug-likeness (QED) is 0.530. The molecule has 3 N–H and O–H groups in total. The smallest absolute Gasteiger partial charge is 0.407 e. The summed E-state index contributed by atoms with van der Waals surface area (Å²) in [5.41, 5.74) is 3.21. The molecule has 4 rings (SSSR count). The molecular formula is C23H25N7O3. The van der Waals surface area contributed by atoms with E-state index in [4.69, 9.17) is 10.1 Å². The predicted octanol–water partition coefficient (Wildman–Crippen LogP) is 3.15. The standard InChI is InChI=1S/C23H25N7O3/c1-29(23(32)33)13-11-25-21-18-15-30(22(31)26-17-7-3-2-4-8-17)12-9-19(18)27-20(28-21)16-6-5-10-24-14-16/h2-8,10,14H,9,11-13,15H2,1H3,(H,26,31)(H,32,33)(H,25,27,28). The maximum absolute atomic E-state index is 12.8. The zero-order valence-electron chi connectivity index (χ0n) is 18.2. The van der Waals surface area contributed by atoms with E-state index in [-0.39, 0.29) is 12.6 Å². The van der Waals surface area contributed by atoms with Crippen LogP contribution in [0.25, 0.3) is 11.4 Å². The van der Waals surface area contributed by atoms with Crippen molar-refractivity contribution in [3.05, 3.63) is 66.1 Å². The molecule has 33 heavy (non-hydrogen) atoms. The van der Waals surface area contributed by atoms with Gasteiger partial charge < -0.3 is 25.5 Å². The highest BCUT2D eigenvalue weighted by atomic mass is 16.4. The molecule has 1 aliphatic rings. The van der Waals surface area contributed by atoms with Crippen LogP contribution >= 0.6 is 0 Å². The van der Waals surface area contributed by atoms with E-state index in [9.17, 15) is 9.59 Å². The molecule has 0 fully saturated rings. The van der Waals surface area contributed by atoms with Gasteiger partial charge in [0.25, 0.3) is 0 Å². The molecule has 10 nitrogen and oxygen atoms in total. The van der Waals surface area contributed by atoms with Crippen molar-refractivity contribution in [2.45, 2.75) is 13.0 Å². The van der Waals surface area contributed by atoms with Crippen LogP contribution < -0.4 is 10.6 Å². The summed E-state index contributed by atoms with van der Waals surface area (Å²) in [6.07, 6.45) is 2.97. The number of carboxylic acid groups (broad SMARTS) is 1. The minimum absolute atomic E-state index is 0.195. The number of nitrogens with one attached hydrogen (secondary N) is 2. The molecule has 1 aromatic carbocycles. The van der Waals surface area contributed by atoms with Gasteiger partial charge in [0.2, 0.25) is 0 Å². The molecule has 0 radical (unpaired) electrons. The number of carbonyl (C=O) groups is 2. The lowest BCUT2D eigenvalue weighted by Gasteiger charge is -2.30. The van der Waals surface area contributed by atoms with Crippen molar-refractivity contribution in [3.8, 4) is 11.4 Å². The molecule has 3 aromatic rings. The molecule has 0 aliphatic carbocycles. The number of amides is 3. The second-order valence-electron chi connectivity index (χ2n) is 7.66. The molecule has 3 amide bonds. The molecule has 3 heterocycles. The molecule has 0 bridgehead atoms. The number of fused-ring (bicyclic) bond motifs is 1. The van der Waals surface area contributed by atoms with Crippen LogP contribution in [0.5, 0.6) is 0 Å². The van der Waals surface area contributed by atoms with E-state index in [2.05, 4.69) is 20.6 Å². The first-order valence-corrected chi connectivity index (χ1v) is 10.6. The van der Waals surface area contributed by atoms with Crippen molar-refractivity contribution >= 4 is 23.6 Å². The van der Waals surface area contributed by atoms with Gasteiger partial charge in [-0.1, -0.05) is 18.2 Å². The Labute approximate surface area is 191 Å². The third-order valence-corrected chi connectivity index (χ3v) is 5.36. The van der Waals surface area contributed by atoms with E-state index in [1.807, 2.05) is 42.5 Å². The van der Waals surface area contributed by atoms with Crippen LogP contribution in [-0.2, 0) is 13.0 Å². The topological polar surface area (TPSA) is 124 Å². The van der Waals surface area contributed by atoms with Crippen LogP contribution in [0.15, 0.2) is 54.9 Å². The lowest BCUT2D eigenvalue weighted by Crippen LogP contribution is -2.40. The highest BCUT2D eigenvalue weighted by Crippen LogP contribution is 2.27. The van der Waals surface area contributed by atoms with Gasteiger partial charge in [0.15, 0.2) is 5.82 Å². The molecule has 0 saturated heterocycles. The fraction of sp³-hybridized carbons (Fsp3) is 0.261. The number of pyridine rings is 1. The lowest BCUT2D eigenvalue weighted by atomic mass is 10.1. The lowest BCUT2D eigenvalue weighted by molar-refractivity contribution is 0.157. The molecular weight excluding hydrogens is 422 g/mol. The number of para-hydroxylation sites is 1. The number of hydrogen-bond acceptors (Lipinski definition) is 6. The molecule has 2 aromatic heterocycles. The first-order chi connectivity index (χ1) is 16.0. The Hall–Kier alpha value is -4.21. The summed E-state index contributed by atoms with van der Waals surface area (Å²) in [6, 6.07) is 12.8. The average molecular weight is 447 g/mol. The first-order valence-electron chi connectivity index (χ1n) is 10.6. The number of aromatic nitrogens is 3. The van der Waals surface area contributed by atoms with Crippen molar-refractivity contribution in [3.63, 3.8) is 0 Å². The zero-order chi connectivity index (χ0) is 23.2. The van der Waals surface area contributed by atoms with Crippen LogP contribution in [0.3, 0.4) is 0 Å². The van der Waals surface area contributed by atoms with Gasteiger partial charge in [0, 0.05) is 62.3 Å². The average Bonchev–Trinajstić information content (AvgIpc) is 2.84. The van der Waals surface area contributed by atoms with Crippen LogP contribution in [0, 0.1) is 0 Å². The monoisotopic (exact) mass is 447 g/mol. The maximum atomic E-state index is 12.8. The molecule has 0 saturated carbocycles. The number of benzene rings is 1. The predicted molar refractivity (Wildman–Crippen MR) is 124 cm³/mol. The minimum atomic E-state index is -0.999. The second kappa shape index (κ2) is 9.94. The van der Waals surface area contributed by atoms with E-state index in [0.29, 0.717) is 37.7 Å². The van der Waals surface area contributed by atoms with Gasteiger partial charge in [0.1, 0.15) is 5.82 Å². The Morgan fingerprint density at radius 2 is 1.97 bits per heavy atom. The number of likely N-dealkylation sites (N-methyl/N-ethyl adjacent to an activating group) is 1. The zero-order valence-corrected chi connectivity index (χ0v) is 18.2. The van der Waals surface area contributed by atoms with Gasteiger partial charge in [-0.2, -0.15) is 0 Å². The Kier molecular flexibility index (Phi) is 6.63. The fourth-order valence-corrected chi connectivity index (χ4v) is 3.52. The Morgan fingerprint density at radius 3 is 2.70 bits per heavy atom. The third kappa shape index (κ3) is 5.35. The van der Waals surface area contributed by atoms with Crippen molar-refractivity contribution in [2.75, 3.05) is 37.3 Å². The summed E-state index contributed by atoms with van der Waals surface area (Å²) < 4.78 is 0. The number of hydrogen-bond donors (Lipinski definition) is 3. The van der Waals surface area contributed by atoms with Crippen molar-refractivity contribution < 1.29 is 14.7 Å². The highest BCUT2D eigenvalue weighted by Gasteiger charge is 2.26. The Balaban J connectivity index is 1.57. The number of anilines is 2. The number of urea groups is 1. The van der Waals surface area contributed by atoms with E-state index >= 15 is 0 Å². The highest BCUT2D eigenvalue weighted by molar-refractivity contribution is 5.89. The summed E-state index contributed by atoms with van der Waals surface area (Å²) in [5.74, 6) is 1.13. The summed E-state index contributed by atoms with van der Waals surface area (Å²) in [6.45, 7) is 1.53. The van der Waals surface area contributed by atoms with E-state index in [1.165, 1.54) is 11.9 Å². The van der Waals surface area contributed by atoms with Gasteiger partial charge in [-0.15, -0.1) is 0 Å². The molecule has 0 spiro atoms. The van der Waals surface area contributed by atoms with E-state index in [1.54, 1.807) is 17.3 Å². The van der Waals surface area contributed by atoms with Crippen molar-refractivity contribution in [1.82, 2.24) is 24.8 Å². The number of rotatable bonds is 6. The van der Waals surface area contributed by atoms with Crippen molar-refractivity contribution in [1.29, 1.82) is 0 Å². The van der Waals surface area contributed by atoms with Gasteiger partial charge in [-0.05, 0) is 24.3 Å². The minimum Gasteiger partial charge on any atom is -0.465 e. The first kappa shape index (κ1) is 22.0. The molecule has 1 aliphatic heterocycles. The SMILES string of the molecule is CN(CCNc1nc(-c2cccnc2)nc2c1CN(C(=O)Nc1ccccc1)CC2)C(=O)O. The second-order valence-corrected chi connectivity index (χ2v) is 7.66. The summed E-state index contributed by atoms with van der Waals surface area (Å²) in [7, 11) is 1.51. The largest absolute Gasteiger partial charge is 0.465 e. The summed E-state index contributed by atoms with van der Waals surface area (Å²) >= 11 is 0. The number of nitrogens with zero attached hydrogens (tertiary/aromatic N) is 5. The van der Waals surface area contributed by atoms with E-state index < -0.39 is 6.09 Å².